The summed E-state index contributed by atoms with van der Waals surface area (Å²) in [5.74, 6) is 1.49. The van der Waals surface area contributed by atoms with E-state index in [-0.39, 0.29) is 6.61 Å². The maximum atomic E-state index is 9.75. The normalized spacial score (nSPS) is 24.7. The first-order valence-electron chi connectivity index (χ1n) is 11.8. The third-order valence-electron chi connectivity index (χ3n) is 7.34. The fourth-order valence-electron chi connectivity index (χ4n) is 5.27. The Balaban J connectivity index is 1.40. The molecule has 4 rings (SSSR count). The maximum absolute atomic E-state index is 9.75. The summed E-state index contributed by atoms with van der Waals surface area (Å²) >= 11 is 0. The zero-order valence-corrected chi connectivity index (χ0v) is 19.7. The third kappa shape index (κ3) is 5.16. The fourth-order valence-corrected chi connectivity index (χ4v) is 5.27. The predicted molar refractivity (Wildman–Crippen MR) is 129 cm³/mol. The van der Waals surface area contributed by atoms with Crippen LogP contribution in [-0.4, -0.2) is 67.4 Å². The van der Waals surface area contributed by atoms with Crippen LogP contribution in [0.5, 0.6) is 5.75 Å². The molecule has 2 fully saturated rings. The van der Waals surface area contributed by atoms with Gasteiger partial charge in [0, 0.05) is 57.8 Å². The Hall–Kier alpha value is -1.96. The van der Waals surface area contributed by atoms with Gasteiger partial charge in [-0.15, -0.1) is 0 Å². The molecule has 3 atom stereocenters. The molecule has 2 saturated heterocycles. The number of hydrazine groups is 1. The molecule has 0 bridgehead atoms. The van der Waals surface area contributed by atoms with Crippen LogP contribution in [0.3, 0.4) is 0 Å². The van der Waals surface area contributed by atoms with Crippen LogP contribution < -0.4 is 15.6 Å². The SMILES string of the molecule is COc1ccc(CN2CCN(CC3CNNC3c3ccccc3)CC2CCO)c(C)c1C. The summed E-state index contributed by atoms with van der Waals surface area (Å²) in [7, 11) is 1.73. The van der Waals surface area contributed by atoms with E-state index in [0.29, 0.717) is 18.0 Å². The number of nitrogens with zero attached hydrogens (tertiary/aromatic N) is 2. The molecular formula is C26H38N4O2. The second kappa shape index (κ2) is 10.8. The van der Waals surface area contributed by atoms with Gasteiger partial charge in [0.25, 0.3) is 0 Å². The van der Waals surface area contributed by atoms with Crippen molar-refractivity contribution in [2.45, 2.75) is 38.9 Å². The third-order valence-corrected chi connectivity index (χ3v) is 7.34. The molecule has 2 aliphatic rings. The molecule has 32 heavy (non-hydrogen) atoms. The van der Waals surface area contributed by atoms with Crippen molar-refractivity contribution in [3.63, 3.8) is 0 Å². The van der Waals surface area contributed by atoms with Gasteiger partial charge in [0.15, 0.2) is 0 Å². The monoisotopic (exact) mass is 438 g/mol. The number of aliphatic hydroxyl groups is 1. The molecule has 0 aromatic heterocycles. The highest BCUT2D eigenvalue weighted by Crippen LogP contribution is 2.28. The maximum Gasteiger partial charge on any atom is 0.122 e. The molecule has 3 unspecified atom stereocenters. The smallest absolute Gasteiger partial charge is 0.122 e. The molecule has 2 aliphatic heterocycles. The Labute approximate surface area is 192 Å². The number of hydrogen-bond donors (Lipinski definition) is 3. The Kier molecular flexibility index (Phi) is 7.81. The zero-order valence-electron chi connectivity index (χ0n) is 19.7. The first kappa shape index (κ1) is 23.2. The van der Waals surface area contributed by atoms with Gasteiger partial charge in [0.1, 0.15) is 5.75 Å². The van der Waals surface area contributed by atoms with Crippen LogP contribution in [0.15, 0.2) is 42.5 Å². The summed E-state index contributed by atoms with van der Waals surface area (Å²) in [6.45, 7) is 10.6. The predicted octanol–water partition coefficient (Wildman–Crippen LogP) is 2.65. The Morgan fingerprint density at radius 3 is 2.62 bits per heavy atom. The molecule has 0 spiro atoms. The number of ether oxygens (including phenoxy) is 1. The van der Waals surface area contributed by atoms with Gasteiger partial charge in [-0.2, -0.15) is 0 Å². The van der Waals surface area contributed by atoms with Gasteiger partial charge < -0.3 is 14.7 Å². The van der Waals surface area contributed by atoms with E-state index in [1.54, 1.807) is 7.11 Å². The van der Waals surface area contributed by atoms with Crippen LogP contribution in [0.2, 0.25) is 0 Å². The number of aliphatic hydroxyl groups excluding tert-OH is 1. The van der Waals surface area contributed by atoms with Gasteiger partial charge in [0.2, 0.25) is 0 Å². The number of methoxy groups -OCH3 is 1. The van der Waals surface area contributed by atoms with Crippen LogP contribution in [0.4, 0.5) is 0 Å². The lowest BCUT2D eigenvalue weighted by Crippen LogP contribution is -2.54. The molecule has 2 aromatic rings. The summed E-state index contributed by atoms with van der Waals surface area (Å²) in [5.41, 5.74) is 12.1. The first-order chi connectivity index (χ1) is 15.6. The minimum Gasteiger partial charge on any atom is -0.496 e. The van der Waals surface area contributed by atoms with Crippen molar-refractivity contribution in [2.75, 3.05) is 46.4 Å². The lowest BCUT2D eigenvalue weighted by Gasteiger charge is -2.42. The lowest BCUT2D eigenvalue weighted by atomic mass is 9.93. The number of benzene rings is 2. The van der Waals surface area contributed by atoms with Gasteiger partial charge in [-0.05, 0) is 48.6 Å². The molecule has 2 aromatic carbocycles. The quantitative estimate of drug-likeness (QED) is 0.589. The van der Waals surface area contributed by atoms with Crippen molar-refractivity contribution in [1.29, 1.82) is 0 Å². The molecule has 2 heterocycles. The Morgan fingerprint density at radius 1 is 1.06 bits per heavy atom. The van der Waals surface area contributed by atoms with E-state index < -0.39 is 0 Å². The van der Waals surface area contributed by atoms with E-state index in [9.17, 15) is 5.11 Å². The van der Waals surface area contributed by atoms with Crippen LogP contribution in [0, 0.1) is 19.8 Å². The van der Waals surface area contributed by atoms with Crippen molar-refractivity contribution < 1.29 is 9.84 Å². The Morgan fingerprint density at radius 2 is 1.88 bits per heavy atom. The van der Waals surface area contributed by atoms with Crippen molar-refractivity contribution in [3.05, 3.63) is 64.7 Å². The number of hydrogen-bond acceptors (Lipinski definition) is 6. The highest BCUT2D eigenvalue weighted by molar-refractivity contribution is 5.43. The van der Waals surface area contributed by atoms with Crippen molar-refractivity contribution in [1.82, 2.24) is 20.7 Å². The standard InChI is InChI=1S/C26H38N4O2/c1-19-20(2)25(32-3)10-9-22(19)17-30-13-12-29(18-24(30)11-14-31)16-23-15-27-28-26(23)21-7-5-4-6-8-21/h4-10,23-24,26-28,31H,11-18H2,1-3H3. The molecule has 0 aliphatic carbocycles. The van der Waals surface area contributed by atoms with Gasteiger partial charge in [0.05, 0.1) is 13.2 Å². The summed E-state index contributed by atoms with van der Waals surface area (Å²) in [4.78, 5) is 5.15. The molecule has 6 heteroatoms. The van der Waals surface area contributed by atoms with Crippen LogP contribution in [0.1, 0.15) is 34.7 Å². The Bertz CT molecular complexity index is 876. The van der Waals surface area contributed by atoms with E-state index in [1.807, 2.05) is 0 Å². The molecule has 0 radical (unpaired) electrons. The second-order valence-electron chi connectivity index (χ2n) is 9.25. The van der Waals surface area contributed by atoms with Crippen molar-refractivity contribution in [2.24, 2.45) is 5.92 Å². The zero-order chi connectivity index (χ0) is 22.5. The molecule has 6 nitrogen and oxygen atoms in total. The topological polar surface area (TPSA) is 60.0 Å². The van der Waals surface area contributed by atoms with Crippen molar-refractivity contribution in [3.8, 4) is 5.75 Å². The van der Waals surface area contributed by atoms with Gasteiger partial charge >= 0.3 is 0 Å². The average molecular weight is 439 g/mol. The van der Waals surface area contributed by atoms with Crippen LogP contribution >= 0.6 is 0 Å². The molecular weight excluding hydrogens is 400 g/mol. The lowest BCUT2D eigenvalue weighted by molar-refractivity contribution is 0.0456. The number of piperazine rings is 1. The van der Waals surface area contributed by atoms with Crippen LogP contribution in [0.25, 0.3) is 0 Å². The molecule has 3 N–H and O–H groups in total. The van der Waals surface area contributed by atoms with E-state index in [1.165, 1.54) is 22.3 Å². The van der Waals surface area contributed by atoms with Crippen molar-refractivity contribution >= 4 is 0 Å². The summed E-state index contributed by atoms with van der Waals surface area (Å²) in [6.07, 6.45) is 0.813. The number of rotatable bonds is 8. The molecule has 0 amide bonds. The molecule has 0 saturated carbocycles. The minimum atomic E-state index is 0.231. The van der Waals surface area contributed by atoms with E-state index in [0.717, 1.165) is 51.4 Å². The van der Waals surface area contributed by atoms with E-state index in [2.05, 4.69) is 77.0 Å². The highest BCUT2D eigenvalue weighted by atomic mass is 16.5. The summed E-state index contributed by atoms with van der Waals surface area (Å²) < 4.78 is 5.48. The van der Waals surface area contributed by atoms with E-state index >= 15 is 0 Å². The largest absolute Gasteiger partial charge is 0.496 e. The van der Waals surface area contributed by atoms with E-state index in [4.69, 9.17) is 4.74 Å². The van der Waals surface area contributed by atoms with Gasteiger partial charge in [-0.1, -0.05) is 36.4 Å². The van der Waals surface area contributed by atoms with Gasteiger partial charge in [-0.3, -0.25) is 10.3 Å². The minimum absolute atomic E-state index is 0.231. The average Bonchev–Trinajstić information content (AvgIpc) is 3.27. The number of nitrogens with one attached hydrogen (secondary N) is 2. The summed E-state index contributed by atoms with van der Waals surface area (Å²) in [5, 5.41) is 9.75. The van der Waals surface area contributed by atoms with Crippen LogP contribution in [-0.2, 0) is 6.54 Å². The fraction of sp³-hybridized carbons (Fsp3) is 0.538. The second-order valence-corrected chi connectivity index (χ2v) is 9.25. The highest BCUT2D eigenvalue weighted by Gasteiger charge is 2.33. The van der Waals surface area contributed by atoms with Gasteiger partial charge in [-0.25, -0.2) is 5.43 Å². The molecule has 174 valence electrons. The first-order valence-corrected chi connectivity index (χ1v) is 11.8. The summed E-state index contributed by atoms with van der Waals surface area (Å²) in [6, 6.07) is 15.7.